The van der Waals surface area contributed by atoms with Gasteiger partial charge >= 0.3 is 0 Å². The summed E-state index contributed by atoms with van der Waals surface area (Å²) in [4.78, 5) is 4.28. The molecule has 0 aliphatic rings. The highest BCUT2D eigenvalue weighted by molar-refractivity contribution is 5.88. The lowest BCUT2D eigenvalue weighted by atomic mass is 10.0. The summed E-state index contributed by atoms with van der Waals surface area (Å²) in [5.41, 5.74) is 3.54. The number of hydrogen-bond donors (Lipinski definition) is 0. The fraction of sp³-hybridized carbons (Fsp3) is 0.333. The number of hydrogen-bond acceptors (Lipinski definition) is 3. The molecular weight excluding hydrogens is 238 g/mol. The molecule has 0 radical (unpaired) electrons. The van der Waals surface area contributed by atoms with E-state index in [4.69, 9.17) is 4.52 Å². The van der Waals surface area contributed by atoms with Crippen LogP contribution in [0.1, 0.15) is 31.2 Å². The minimum atomic E-state index is 0.489. The van der Waals surface area contributed by atoms with Crippen molar-refractivity contribution in [2.75, 3.05) is 0 Å². The highest BCUT2D eigenvalue weighted by Gasteiger charge is 2.13. The fourth-order valence-electron chi connectivity index (χ4n) is 2.43. The van der Waals surface area contributed by atoms with E-state index in [9.17, 15) is 0 Å². The van der Waals surface area contributed by atoms with Crippen molar-refractivity contribution < 1.29 is 4.52 Å². The molecule has 0 atom stereocenters. The van der Waals surface area contributed by atoms with Gasteiger partial charge in [0.15, 0.2) is 5.82 Å². The van der Waals surface area contributed by atoms with Gasteiger partial charge in [-0.15, -0.1) is 0 Å². The predicted molar refractivity (Wildman–Crippen MR) is 75.0 cm³/mol. The van der Waals surface area contributed by atoms with Crippen molar-refractivity contribution in [3.8, 4) is 11.5 Å². The molecule has 0 saturated carbocycles. The van der Waals surface area contributed by atoms with Gasteiger partial charge in [-0.1, -0.05) is 19.0 Å². The Morgan fingerprint density at radius 2 is 2.05 bits per heavy atom. The lowest BCUT2D eigenvalue weighted by Gasteiger charge is -2.03. The Morgan fingerprint density at radius 1 is 1.26 bits per heavy atom. The molecular formula is C15H17N3O. The molecule has 1 aromatic carbocycles. The van der Waals surface area contributed by atoms with E-state index in [0.29, 0.717) is 17.6 Å². The molecule has 0 bridgehead atoms. The van der Waals surface area contributed by atoms with Gasteiger partial charge in [-0.05, 0) is 36.6 Å². The summed E-state index contributed by atoms with van der Waals surface area (Å²) in [7, 11) is 2.07. The zero-order valence-corrected chi connectivity index (χ0v) is 11.6. The summed E-state index contributed by atoms with van der Waals surface area (Å²) in [6.45, 7) is 6.24. The van der Waals surface area contributed by atoms with Crippen LogP contribution in [0.2, 0.25) is 0 Å². The lowest BCUT2D eigenvalue weighted by Crippen LogP contribution is -1.84. The number of benzene rings is 1. The molecule has 98 valence electrons. The quantitative estimate of drug-likeness (QED) is 0.702. The maximum atomic E-state index is 5.24. The van der Waals surface area contributed by atoms with Gasteiger partial charge in [-0.2, -0.15) is 4.98 Å². The Hall–Kier alpha value is -2.10. The van der Waals surface area contributed by atoms with Crippen molar-refractivity contribution in [2.24, 2.45) is 7.05 Å². The first-order chi connectivity index (χ1) is 9.06. The molecule has 0 aliphatic heterocycles. The molecule has 0 N–H and O–H groups in total. The normalized spacial score (nSPS) is 11.6. The highest BCUT2D eigenvalue weighted by Crippen LogP contribution is 2.30. The van der Waals surface area contributed by atoms with Gasteiger partial charge in [0.2, 0.25) is 0 Å². The van der Waals surface area contributed by atoms with Gasteiger partial charge in [0.1, 0.15) is 0 Å². The molecule has 0 aliphatic carbocycles. The van der Waals surface area contributed by atoms with Crippen LogP contribution in [0.25, 0.3) is 22.4 Å². The van der Waals surface area contributed by atoms with Crippen LogP contribution in [0, 0.1) is 6.92 Å². The van der Waals surface area contributed by atoms with Crippen molar-refractivity contribution in [2.45, 2.75) is 26.7 Å². The maximum absolute atomic E-state index is 5.24. The molecule has 4 nitrogen and oxygen atoms in total. The third-order valence-electron chi connectivity index (χ3n) is 3.42. The minimum absolute atomic E-state index is 0.489. The summed E-state index contributed by atoms with van der Waals surface area (Å²) in [5.74, 6) is 1.73. The standard InChI is InChI=1S/C15H17N3O/c1-9(2)13-8-18(4)14-6-5-11(7-12(13)14)15-16-10(3)17-19-15/h5-9H,1-4H3. The van der Waals surface area contributed by atoms with E-state index >= 15 is 0 Å². The second-order valence-electron chi connectivity index (χ2n) is 5.23. The summed E-state index contributed by atoms with van der Waals surface area (Å²) < 4.78 is 7.40. The average Bonchev–Trinajstić information content (AvgIpc) is 2.94. The zero-order valence-electron chi connectivity index (χ0n) is 11.6. The monoisotopic (exact) mass is 255 g/mol. The largest absolute Gasteiger partial charge is 0.350 e. The molecule has 0 saturated heterocycles. The van der Waals surface area contributed by atoms with Gasteiger partial charge in [-0.3, -0.25) is 0 Å². The first-order valence-corrected chi connectivity index (χ1v) is 6.46. The highest BCUT2D eigenvalue weighted by atomic mass is 16.5. The minimum Gasteiger partial charge on any atom is -0.350 e. The number of fused-ring (bicyclic) bond motifs is 1. The second-order valence-corrected chi connectivity index (χ2v) is 5.23. The van der Waals surface area contributed by atoms with Crippen molar-refractivity contribution in [1.29, 1.82) is 0 Å². The first kappa shape index (κ1) is 12.0. The Labute approximate surface area is 112 Å². The first-order valence-electron chi connectivity index (χ1n) is 6.46. The van der Waals surface area contributed by atoms with E-state index in [1.807, 2.05) is 13.0 Å². The van der Waals surface area contributed by atoms with Crippen LogP contribution in [0.3, 0.4) is 0 Å². The van der Waals surface area contributed by atoms with Crippen molar-refractivity contribution in [3.63, 3.8) is 0 Å². The van der Waals surface area contributed by atoms with Gasteiger partial charge in [-0.25, -0.2) is 0 Å². The topological polar surface area (TPSA) is 43.9 Å². The summed E-state index contributed by atoms with van der Waals surface area (Å²) in [5, 5.41) is 5.10. The Kier molecular flexibility index (Phi) is 2.66. The molecule has 0 spiro atoms. The van der Waals surface area contributed by atoms with E-state index in [-0.39, 0.29) is 0 Å². The Balaban J connectivity index is 2.22. The van der Waals surface area contributed by atoms with E-state index in [1.165, 1.54) is 16.5 Å². The number of nitrogens with zero attached hydrogens (tertiary/aromatic N) is 3. The van der Waals surface area contributed by atoms with Gasteiger partial charge in [0, 0.05) is 29.7 Å². The summed E-state index contributed by atoms with van der Waals surface area (Å²) in [6, 6.07) is 6.27. The van der Waals surface area contributed by atoms with E-state index in [1.54, 1.807) is 0 Å². The van der Waals surface area contributed by atoms with Crippen LogP contribution < -0.4 is 0 Å². The third kappa shape index (κ3) is 1.93. The van der Waals surface area contributed by atoms with Gasteiger partial charge in [0.25, 0.3) is 5.89 Å². The van der Waals surface area contributed by atoms with Gasteiger partial charge < -0.3 is 9.09 Å². The number of aromatic nitrogens is 3. The van der Waals surface area contributed by atoms with Crippen LogP contribution in [-0.2, 0) is 7.05 Å². The molecule has 3 aromatic rings. The number of aryl methyl sites for hydroxylation is 2. The fourth-order valence-corrected chi connectivity index (χ4v) is 2.43. The molecule has 4 heteroatoms. The Bertz CT molecular complexity index is 737. The molecule has 0 unspecified atom stereocenters. The second kappa shape index (κ2) is 4.23. The molecule has 3 rings (SSSR count). The summed E-state index contributed by atoms with van der Waals surface area (Å²) >= 11 is 0. The van der Waals surface area contributed by atoms with Crippen LogP contribution in [0.5, 0.6) is 0 Å². The van der Waals surface area contributed by atoms with E-state index < -0.39 is 0 Å². The van der Waals surface area contributed by atoms with Crippen molar-refractivity contribution in [3.05, 3.63) is 35.8 Å². The molecule has 0 fully saturated rings. The van der Waals surface area contributed by atoms with Crippen LogP contribution in [0.15, 0.2) is 28.9 Å². The SMILES string of the molecule is Cc1noc(-c2ccc3c(c2)c(C(C)C)cn3C)n1. The summed E-state index contributed by atoms with van der Waals surface area (Å²) in [6.07, 6.45) is 2.19. The van der Waals surface area contributed by atoms with Crippen LogP contribution in [-0.4, -0.2) is 14.7 Å². The molecule has 0 amide bonds. The van der Waals surface area contributed by atoms with Crippen molar-refractivity contribution >= 4 is 10.9 Å². The molecule has 2 heterocycles. The van der Waals surface area contributed by atoms with Gasteiger partial charge in [0.05, 0.1) is 0 Å². The van der Waals surface area contributed by atoms with Crippen LogP contribution in [0.4, 0.5) is 0 Å². The third-order valence-corrected chi connectivity index (χ3v) is 3.42. The van der Waals surface area contributed by atoms with E-state index in [0.717, 1.165) is 5.56 Å². The van der Waals surface area contributed by atoms with Crippen molar-refractivity contribution in [1.82, 2.24) is 14.7 Å². The molecule has 19 heavy (non-hydrogen) atoms. The zero-order chi connectivity index (χ0) is 13.6. The van der Waals surface area contributed by atoms with Crippen LogP contribution >= 0.6 is 0 Å². The number of rotatable bonds is 2. The maximum Gasteiger partial charge on any atom is 0.257 e. The van der Waals surface area contributed by atoms with E-state index in [2.05, 4.69) is 53.9 Å². The predicted octanol–water partition coefficient (Wildman–Crippen LogP) is 3.66. The lowest BCUT2D eigenvalue weighted by molar-refractivity contribution is 0.425. The Morgan fingerprint density at radius 3 is 2.68 bits per heavy atom. The smallest absolute Gasteiger partial charge is 0.257 e. The average molecular weight is 255 g/mol. The molecule has 2 aromatic heterocycles.